The molecule has 1 aromatic carbocycles. The summed E-state index contributed by atoms with van der Waals surface area (Å²) in [5.74, 6) is 0.270. The molecule has 4 aromatic rings. The van der Waals surface area contributed by atoms with E-state index in [4.69, 9.17) is 4.74 Å². The third-order valence-electron chi connectivity index (χ3n) is 6.46. The number of aliphatic hydroxyl groups is 1. The number of hydrogen-bond acceptors (Lipinski definition) is 7. The lowest BCUT2D eigenvalue weighted by Gasteiger charge is -2.21. The summed E-state index contributed by atoms with van der Waals surface area (Å²) in [6.45, 7) is 8.98. The molecule has 206 valence electrons. The highest BCUT2D eigenvalue weighted by Crippen LogP contribution is 2.39. The molecule has 10 nitrogen and oxygen atoms in total. The summed E-state index contributed by atoms with van der Waals surface area (Å²) in [7, 11) is -1.82. The molecule has 3 N–H and O–H groups in total. The zero-order chi connectivity index (χ0) is 28.9. The number of aromatic amines is 1. The zero-order valence-corrected chi connectivity index (χ0v) is 23.8. The molecule has 1 amide bonds. The maximum atomic E-state index is 13.0. The van der Waals surface area contributed by atoms with Crippen molar-refractivity contribution in [2.75, 3.05) is 12.8 Å². The van der Waals surface area contributed by atoms with Crippen molar-refractivity contribution in [3.05, 3.63) is 69.4 Å². The number of benzene rings is 1. The van der Waals surface area contributed by atoms with Crippen LogP contribution in [0.25, 0.3) is 22.0 Å². The third-order valence-corrected chi connectivity index (χ3v) is 7.55. The Kier molecular flexibility index (Phi) is 7.18. The van der Waals surface area contributed by atoms with Crippen LogP contribution in [0.1, 0.15) is 48.0 Å². The van der Waals surface area contributed by atoms with E-state index in [1.807, 2.05) is 0 Å². The van der Waals surface area contributed by atoms with E-state index in [2.05, 4.69) is 15.3 Å². The number of carbonyl (C=O) groups is 1. The van der Waals surface area contributed by atoms with Gasteiger partial charge in [0.15, 0.2) is 9.84 Å². The van der Waals surface area contributed by atoms with Gasteiger partial charge in [-0.3, -0.25) is 9.59 Å². The zero-order valence-electron chi connectivity index (χ0n) is 23.0. The lowest BCUT2D eigenvalue weighted by atomic mass is 9.96. The van der Waals surface area contributed by atoms with Gasteiger partial charge in [-0.25, -0.2) is 13.4 Å². The molecule has 0 saturated heterocycles. The second-order valence-corrected chi connectivity index (χ2v) is 12.2. The van der Waals surface area contributed by atoms with Gasteiger partial charge in [0, 0.05) is 54.3 Å². The maximum Gasteiger partial charge on any atom is 0.274 e. The minimum absolute atomic E-state index is 0.181. The molecule has 0 aliphatic carbocycles. The minimum atomic E-state index is -3.42. The van der Waals surface area contributed by atoms with Gasteiger partial charge in [-0.05, 0) is 70.0 Å². The number of nitrogens with one attached hydrogen (secondary N) is 2. The van der Waals surface area contributed by atoms with Crippen LogP contribution in [-0.2, 0) is 22.5 Å². The van der Waals surface area contributed by atoms with Crippen molar-refractivity contribution >= 4 is 26.6 Å². The molecule has 39 heavy (non-hydrogen) atoms. The number of sulfone groups is 1. The van der Waals surface area contributed by atoms with E-state index < -0.39 is 15.4 Å². The van der Waals surface area contributed by atoms with Crippen molar-refractivity contribution < 1.29 is 23.1 Å². The Morgan fingerprint density at radius 3 is 2.36 bits per heavy atom. The van der Waals surface area contributed by atoms with Crippen LogP contribution >= 0.6 is 0 Å². The number of ether oxygens (including phenoxy) is 1. The highest BCUT2D eigenvalue weighted by Gasteiger charge is 2.24. The van der Waals surface area contributed by atoms with E-state index >= 15 is 0 Å². The summed E-state index contributed by atoms with van der Waals surface area (Å²) in [4.78, 5) is 33.2. The molecular weight excluding hydrogens is 520 g/mol. The first kappa shape index (κ1) is 28.1. The van der Waals surface area contributed by atoms with Gasteiger partial charge in [0.1, 0.15) is 17.0 Å². The number of amides is 1. The van der Waals surface area contributed by atoms with Crippen LogP contribution in [0.15, 0.2) is 46.3 Å². The second-order valence-electron chi connectivity index (χ2n) is 10.2. The van der Waals surface area contributed by atoms with Crippen LogP contribution in [0.5, 0.6) is 11.6 Å². The number of carbonyl (C=O) groups excluding carboxylic acids is 1. The summed E-state index contributed by atoms with van der Waals surface area (Å²) in [5.41, 5.74) is 1.65. The Balaban J connectivity index is 1.98. The lowest BCUT2D eigenvalue weighted by molar-refractivity contribution is 0.0782. The molecule has 0 bridgehead atoms. The number of fused-ring (bicyclic) bond motifs is 1. The van der Waals surface area contributed by atoms with Crippen LogP contribution in [0.3, 0.4) is 0 Å². The number of rotatable bonds is 7. The predicted molar refractivity (Wildman–Crippen MR) is 149 cm³/mol. The monoisotopic (exact) mass is 552 g/mol. The minimum Gasteiger partial charge on any atom is -0.438 e. The molecule has 3 aromatic heterocycles. The van der Waals surface area contributed by atoms with Crippen LogP contribution in [0.2, 0.25) is 0 Å². The average Bonchev–Trinajstić information content (AvgIpc) is 3.29. The molecule has 0 unspecified atom stereocenters. The number of aryl methyl sites for hydroxylation is 3. The standard InChI is InChI=1S/C28H32N4O6S/c1-8-29-25(33)22-12-19-21(14-32(6)27(34)23(19)31-22)20-11-17(28(4,5)35)13-30-26(20)38-24-15(2)9-18(10-16(24)3)39(7,36)37/h9-14,31,35H,8H2,1-7H3,(H,29,33). The van der Waals surface area contributed by atoms with Crippen LogP contribution < -0.4 is 15.6 Å². The smallest absolute Gasteiger partial charge is 0.274 e. The number of H-pyrrole nitrogens is 1. The molecular formula is C28H32N4O6S. The van der Waals surface area contributed by atoms with Gasteiger partial charge >= 0.3 is 0 Å². The van der Waals surface area contributed by atoms with Gasteiger partial charge in [-0.15, -0.1) is 0 Å². The predicted octanol–water partition coefficient (Wildman–Crippen LogP) is 3.72. The van der Waals surface area contributed by atoms with E-state index in [0.29, 0.717) is 45.5 Å². The molecule has 0 atom stereocenters. The highest BCUT2D eigenvalue weighted by atomic mass is 32.2. The van der Waals surface area contributed by atoms with Gasteiger partial charge in [-0.1, -0.05) is 0 Å². The fourth-order valence-corrected chi connectivity index (χ4v) is 5.15. The first-order chi connectivity index (χ1) is 18.1. The van der Waals surface area contributed by atoms with Gasteiger partial charge < -0.3 is 24.7 Å². The Labute approximate surface area is 226 Å². The molecule has 0 fully saturated rings. The van der Waals surface area contributed by atoms with Crippen LogP contribution in [-0.4, -0.2) is 46.8 Å². The van der Waals surface area contributed by atoms with E-state index in [1.165, 1.54) is 22.9 Å². The normalized spacial score (nSPS) is 12.1. The second kappa shape index (κ2) is 9.97. The van der Waals surface area contributed by atoms with Crippen LogP contribution in [0.4, 0.5) is 0 Å². The van der Waals surface area contributed by atoms with Crippen molar-refractivity contribution in [3.8, 4) is 22.8 Å². The third kappa shape index (κ3) is 5.45. The summed E-state index contributed by atoms with van der Waals surface area (Å²) < 4.78 is 31.9. The highest BCUT2D eigenvalue weighted by molar-refractivity contribution is 7.90. The molecule has 11 heteroatoms. The number of aromatic nitrogens is 3. The van der Waals surface area contributed by atoms with Gasteiger partial charge in [0.25, 0.3) is 11.5 Å². The van der Waals surface area contributed by atoms with Crippen molar-refractivity contribution in [1.29, 1.82) is 0 Å². The fourth-order valence-electron chi connectivity index (χ4n) is 4.37. The first-order valence-electron chi connectivity index (χ1n) is 12.3. The molecule has 0 spiro atoms. The van der Waals surface area contributed by atoms with Crippen LogP contribution in [0, 0.1) is 13.8 Å². The fraction of sp³-hybridized carbons (Fsp3) is 0.321. The lowest BCUT2D eigenvalue weighted by Crippen LogP contribution is -2.23. The molecule has 0 radical (unpaired) electrons. The summed E-state index contributed by atoms with van der Waals surface area (Å²) >= 11 is 0. The first-order valence-corrected chi connectivity index (χ1v) is 14.2. The molecule has 4 rings (SSSR count). The van der Waals surface area contributed by atoms with Crippen molar-refractivity contribution in [3.63, 3.8) is 0 Å². The molecule has 0 aliphatic heterocycles. The summed E-state index contributed by atoms with van der Waals surface area (Å²) in [6, 6.07) is 6.42. The van der Waals surface area contributed by atoms with Crippen molar-refractivity contribution in [2.45, 2.75) is 45.1 Å². The number of pyridine rings is 2. The van der Waals surface area contributed by atoms with E-state index in [9.17, 15) is 23.1 Å². The van der Waals surface area contributed by atoms with Gasteiger partial charge in [0.05, 0.1) is 10.5 Å². The number of nitrogens with zero attached hydrogens (tertiary/aromatic N) is 2. The van der Waals surface area contributed by atoms with Crippen molar-refractivity contribution in [2.24, 2.45) is 7.05 Å². The van der Waals surface area contributed by atoms with Gasteiger partial charge in [0.2, 0.25) is 5.88 Å². The Morgan fingerprint density at radius 2 is 1.79 bits per heavy atom. The summed E-state index contributed by atoms with van der Waals surface area (Å²) in [6.07, 6.45) is 4.28. The quantitative estimate of drug-likeness (QED) is 0.317. The summed E-state index contributed by atoms with van der Waals surface area (Å²) in [5, 5.41) is 13.9. The Morgan fingerprint density at radius 1 is 1.15 bits per heavy atom. The maximum absolute atomic E-state index is 13.0. The Hall–Kier alpha value is -3.96. The molecule has 3 heterocycles. The van der Waals surface area contributed by atoms with E-state index in [0.717, 1.165) is 6.26 Å². The number of hydrogen-bond donors (Lipinski definition) is 3. The molecule has 0 saturated carbocycles. The average molecular weight is 553 g/mol. The van der Waals surface area contributed by atoms with Gasteiger partial charge in [-0.2, -0.15) is 0 Å². The SMILES string of the molecule is CCNC(=O)c1cc2c(-c3cc(C(C)(C)O)cnc3Oc3c(C)cc(S(C)(=O)=O)cc3C)cn(C)c(=O)c2[nH]1. The topological polar surface area (TPSA) is 143 Å². The van der Waals surface area contributed by atoms with E-state index in [1.54, 1.807) is 60.0 Å². The molecule has 0 aliphatic rings. The van der Waals surface area contributed by atoms with E-state index in [-0.39, 0.29) is 33.5 Å². The van der Waals surface area contributed by atoms with Crippen molar-refractivity contribution in [1.82, 2.24) is 19.9 Å². The Bertz CT molecular complexity index is 1760. The largest absolute Gasteiger partial charge is 0.438 e.